The lowest BCUT2D eigenvalue weighted by molar-refractivity contribution is 0.0696. The van der Waals surface area contributed by atoms with Gasteiger partial charge in [0.2, 0.25) is 10.0 Å². The van der Waals surface area contributed by atoms with E-state index in [-0.39, 0.29) is 29.5 Å². The van der Waals surface area contributed by atoms with Crippen molar-refractivity contribution in [2.45, 2.75) is 62.0 Å². The van der Waals surface area contributed by atoms with E-state index in [0.29, 0.717) is 12.2 Å². The first-order chi connectivity index (χ1) is 12.5. The Labute approximate surface area is 156 Å². The smallest absolute Gasteiger partial charge is 0.253 e. The summed E-state index contributed by atoms with van der Waals surface area (Å²) in [5.41, 5.74) is 0.524. The topological polar surface area (TPSA) is 75.7 Å². The molecule has 0 unspecified atom stereocenters. The van der Waals surface area contributed by atoms with Crippen molar-refractivity contribution in [3.05, 3.63) is 29.8 Å². The molecule has 1 atom stereocenters. The summed E-state index contributed by atoms with van der Waals surface area (Å²) in [6, 6.07) is 6.48. The molecule has 2 fully saturated rings. The zero-order valence-corrected chi connectivity index (χ0v) is 16.1. The van der Waals surface area contributed by atoms with Gasteiger partial charge < -0.3 is 9.64 Å². The van der Waals surface area contributed by atoms with Crippen LogP contribution < -0.4 is 4.72 Å². The molecule has 1 amide bonds. The summed E-state index contributed by atoms with van der Waals surface area (Å²) in [7, 11) is -1.75. The lowest BCUT2D eigenvalue weighted by Crippen LogP contribution is -2.38. The summed E-state index contributed by atoms with van der Waals surface area (Å²) < 4.78 is 32.8. The first kappa shape index (κ1) is 19.3. The zero-order chi connectivity index (χ0) is 18.6. The molecule has 0 bridgehead atoms. The van der Waals surface area contributed by atoms with Crippen LogP contribution in [0.3, 0.4) is 0 Å². The molecular formula is C19H28N2O4S. The fraction of sp³-hybridized carbons (Fsp3) is 0.632. The normalized spacial score (nSPS) is 21.7. The van der Waals surface area contributed by atoms with Gasteiger partial charge in [-0.1, -0.05) is 19.3 Å². The van der Waals surface area contributed by atoms with Gasteiger partial charge in [0.05, 0.1) is 11.0 Å². The third kappa shape index (κ3) is 4.64. The number of nitrogens with one attached hydrogen (secondary N) is 1. The van der Waals surface area contributed by atoms with E-state index < -0.39 is 10.0 Å². The Morgan fingerprint density at radius 2 is 1.81 bits per heavy atom. The zero-order valence-electron chi connectivity index (χ0n) is 15.3. The van der Waals surface area contributed by atoms with Gasteiger partial charge in [0, 0.05) is 31.8 Å². The molecule has 26 heavy (non-hydrogen) atoms. The van der Waals surface area contributed by atoms with Crippen molar-refractivity contribution in [2.24, 2.45) is 0 Å². The Hall–Kier alpha value is -1.44. The summed E-state index contributed by atoms with van der Waals surface area (Å²) in [6.07, 6.45) is 7.45. The number of rotatable bonds is 6. The lowest BCUT2D eigenvalue weighted by Gasteiger charge is -2.31. The minimum Gasteiger partial charge on any atom is -0.377 e. The molecule has 3 rings (SSSR count). The van der Waals surface area contributed by atoms with Gasteiger partial charge in [0.15, 0.2) is 0 Å². The maximum atomic E-state index is 12.6. The molecule has 0 radical (unpaired) electrons. The van der Waals surface area contributed by atoms with Crippen molar-refractivity contribution in [1.82, 2.24) is 9.62 Å². The lowest BCUT2D eigenvalue weighted by atomic mass is 9.94. The van der Waals surface area contributed by atoms with Gasteiger partial charge in [0.25, 0.3) is 5.91 Å². The highest BCUT2D eigenvalue weighted by Gasteiger charge is 2.24. The first-order valence-corrected chi connectivity index (χ1v) is 10.9. The summed E-state index contributed by atoms with van der Waals surface area (Å²) >= 11 is 0. The average Bonchev–Trinajstić information content (AvgIpc) is 3.20. The highest BCUT2D eigenvalue weighted by molar-refractivity contribution is 7.89. The van der Waals surface area contributed by atoms with Crippen LogP contribution in [0, 0.1) is 0 Å². The number of carbonyl (C=O) groups excluding carboxylic acids is 1. The maximum Gasteiger partial charge on any atom is 0.253 e. The number of benzene rings is 1. The molecule has 2 aliphatic rings. The highest BCUT2D eigenvalue weighted by Crippen LogP contribution is 2.23. The fourth-order valence-electron chi connectivity index (χ4n) is 3.71. The van der Waals surface area contributed by atoms with E-state index in [0.717, 1.165) is 38.5 Å². The third-order valence-electron chi connectivity index (χ3n) is 5.38. The number of hydrogen-bond acceptors (Lipinski definition) is 4. The molecule has 1 aromatic carbocycles. The number of ether oxygens (including phenoxy) is 1. The Morgan fingerprint density at radius 3 is 2.42 bits per heavy atom. The largest absolute Gasteiger partial charge is 0.377 e. The molecule has 1 saturated carbocycles. The first-order valence-electron chi connectivity index (χ1n) is 9.46. The molecule has 0 aromatic heterocycles. The van der Waals surface area contributed by atoms with E-state index in [1.165, 1.54) is 18.6 Å². The fourth-order valence-corrected chi connectivity index (χ4v) is 4.77. The minimum atomic E-state index is -3.59. The van der Waals surface area contributed by atoms with E-state index in [1.54, 1.807) is 17.0 Å². The second kappa shape index (κ2) is 8.50. The van der Waals surface area contributed by atoms with E-state index in [4.69, 9.17) is 4.74 Å². The average molecular weight is 381 g/mol. The van der Waals surface area contributed by atoms with Crippen LogP contribution in [0.2, 0.25) is 0 Å². The van der Waals surface area contributed by atoms with Crippen LogP contribution >= 0.6 is 0 Å². The van der Waals surface area contributed by atoms with E-state index in [2.05, 4.69) is 4.72 Å². The van der Waals surface area contributed by atoms with E-state index in [1.807, 2.05) is 7.05 Å². The number of nitrogens with zero attached hydrogens (tertiary/aromatic N) is 1. The molecule has 144 valence electrons. The monoisotopic (exact) mass is 380 g/mol. The van der Waals surface area contributed by atoms with Crippen molar-refractivity contribution in [3.63, 3.8) is 0 Å². The van der Waals surface area contributed by atoms with E-state index >= 15 is 0 Å². The quantitative estimate of drug-likeness (QED) is 0.823. The molecular weight excluding hydrogens is 352 g/mol. The van der Waals surface area contributed by atoms with Gasteiger partial charge in [0.1, 0.15) is 0 Å². The molecule has 1 aromatic rings. The highest BCUT2D eigenvalue weighted by atomic mass is 32.2. The van der Waals surface area contributed by atoms with Crippen LogP contribution in [0.4, 0.5) is 0 Å². The molecule has 6 nitrogen and oxygen atoms in total. The second-order valence-corrected chi connectivity index (χ2v) is 8.99. The predicted octanol–water partition coefficient (Wildman–Crippen LogP) is 2.55. The van der Waals surface area contributed by atoms with Gasteiger partial charge in [-0.2, -0.15) is 0 Å². The number of amides is 1. The standard InChI is InChI=1S/C19H28N2O4S/c1-21(16-6-3-2-4-7-16)19(22)15-9-11-18(12-10-15)26(23,24)20-14-17-8-5-13-25-17/h9-12,16-17,20H,2-8,13-14H2,1H3/t17-/m0/s1. The van der Waals surface area contributed by atoms with Crippen molar-refractivity contribution < 1.29 is 17.9 Å². The van der Waals surface area contributed by atoms with Gasteiger partial charge >= 0.3 is 0 Å². The number of hydrogen-bond donors (Lipinski definition) is 1. The van der Waals surface area contributed by atoms with Crippen LogP contribution in [-0.2, 0) is 14.8 Å². The predicted molar refractivity (Wildman–Crippen MR) is 99.6 cm³/mol. The van der Waals surface area contributed by atoms with Gasteiger partial charge in [-0.15, -0.1) is 0 Å². The summed E-state index contributed by atoms with van der Waals surface area (Å²) in [4.78, 5) is 14.6. The second-order valence-electron chi connectivity index (χ2n) is 7.22. The molecule has 0 spiro atoms. The third-order valence-corrected chi connectivity index (χ3v) is 6.82. The molecule has 1 saturated heterocycles. The van der Waals surface area contributed by atoms with E-state index in [9.17, 15) is 13.2 Å². The van der Waals surface area contributed by atoms with Crippen molar-refractivity contribution in [1.29, 1.82) is 0 Å². The van der Waals surface area contributed by atoms with Crippen molar-refractivity contribution >= 4 is 15.9 Å². The number of sulfonamides is 1. The summed E-state index contributed by atoms with van der Waals surface area (Å²) in [5, 5.41) is 0. The Bertz CT molecular complexity index is 706. The Balaban J connectivity index is 1.62. The van der Waals surface area contributed by atoms with Crippen LogP contribution in [0.1, 0.15) is 55.3 Å². The van der Waals surface area contributed by atoms with Crippen molar-refractivity contribution in [3.8, 4) is 0 Å². The Morgan fingerprint density at radius 1 is 1.12 bits per heavy atom. The van der Waals surface area contributed by atoms with Crippen molar-refractivity contribution in [2.75, 3.05) is 20.2 Å². The van der Waals surface area contributed by atoms with Crippen LogP contribution in [-0.4, -0.2) is 51.6 Å². The number of carbonyl (C=O) groups is 1. The minimum absolute atomic E-state index is 0.0465. The Kier molecular flexibility index (Phi) is 6.32. The maximum absolute atomic E-state index is 12.6. The molecule has 1 aliphatic heterocycles. The summed E-state index contributed by atoms with van der Waals surface area (Å²) in [6.45, 7) is 0.977. The summed E-state index contributed by atoms with van der Waals surface area (Å²) in [5.74, 6) is -0.0480. The SMILES string of the molecule is CN(C(=O)c1ccc(S(=O)(=O)NC[C@@H]2CCCO2)cc1)C1CCCCC1. The van der Waals surface area contributed by atoms with Gasteiger partial charge in [-0.3, -0.25) is 4.79 Å². The van der Waals surface area contributed by atoms with Crippen LogP contribution in [0.15, 0.2) is 29.2 Å². The van der Waals surface area contributed by atoms with Crippen LogP contribution in [0.25, 0.3) is 0 Å². The molecule has 1 N–H and O–H groups in total. The molecule has 1 heterocycles. The van der Waals surface area contributed by atoms with Gasteiger partial charge in [-0.05, 0) is 49.9 Å². The van der Waals surface area contributed by atoms with Crippen LogP contribution in [0.5, 0.6) is 0 Å². The molecule has 1 aliphatic carbocycles. The van der Waals surface area contributed by atoms with Gasteiger partial charge in [-0.25, -0.2) is 13.1 Å². The molecule has 7 heteroatoms.